The molecule has 0 aliphatic rings. The lowest BCUT2D eigenvalue weighted by molar-refractivity contribution is 1.22. The normalized spacial score (nSPS) is 10.4. The van der Waals surface area contributed by atoms with Crippen LogP contribution in [0.2, 0.25) is 0 Å². The molecule has 0 aliphatic carbocycles. The van der Waals surface area contributed by atoms with E-state index in [0.717, 1.165) is 0 Å². The van der Waals surface area contributed by atoms with Gasteiger partial charge in [0.1, 0.15) is 17.4 Å². The molecule has 84 valence electrons. The Kier molecular flexibility index (Phi) is 3.67. The highest BCUT2D eigenvalue weighted by atomic mass is 15.2. The van der Waals surface area contributed by atoms with Crippen LogP contribution in [-0.2, 0) is 0 Å². The molecule has 0 radical (unpaired) electrons. The lowest BCUT2D eigenvalue weighted by Gasteiger charge is -2.06. The number of hydrazine groups is 1. The molecule has 1 aromatic rings. The van der Waals surface area contributed by atoms with Crippen LogP contribution in [0.25, 0.3) is 0 Å². The number of amidine groups is 2. The zero-order valence-corrected chi connectivity index (χ0v) is 8.78. The lowest BCUT2D eigenvalue weighted by atomic mass is 10.1. The molecular weight excluding hydrogens is 206 g/mol. The molecule has 0 atom stereocenters. The predicted octanol–water partition coefficient (Wildman–Crippen LogP) is 1.34. The van der Waals surface area contributed by atoms with Crippen molar-refractivity contribution in [3.05, 3.63) is 23.8 Å². The minimum atomic E-state index is -0.0526. The second-order valence-electron chi connectivity index (χ2n) is 3.08. The number of hydrogen-bond donors (Lipinski definition) is 5. The first-order valence-electron chi connectivity index (χ1n) is 4.46. The molecule has 0 saturated carbocycles. The Morgan fingerprint density at radius 2 is 2.06 bits per heavy atom. The van der Waals surface area contributed by atoms with Gasteiger partial charge in [0.15, 0.2) is 0 Å². The molecule has 0 saturated heterocycles. The monoisotopic (exact) mass is 219 g/mol. The molecule has 0 fully saturated rings. The second kappa shape index (κ2) is 4.99. The summed E-state index contributed by atoms with van der Waals surface area (Å²) in [5, 5.41) is 21.8. The van der Waals surface area contributed by atoms with Crippen LogP contribution < -0.4 is 17.0 Å². The Bertz CT molecular complexity index is 449. The maximum atomic E-state index is 7.27. The Morgan fingerprint density at radius 1 is 1.38 bits per heavy atom. The summed E-state index contributed by atoms with van der Waals surface area (Å²) in [6, 6.07) is 4.85. The average Bonchev–Trinajstić information content (AvgIpc) is 2.25. The van der Waals surface area contributed by atoms with Crippen LogP contribution >= 0.6 is 0 Å². The third-order valence-electron chi connectivity index (χ3n) is 1.77. The van der Waals surface area contributed by atoms with Gasteiger partial charge in [-0.3, -0.25) is 16.7 Å². The number of nitrogens with zero attached hydrogens (tertiary/aromatic N) is 2. The van der Waals surface area contributed by atoms with E-state index in [9.17, 15) is 0 Å². The number of nitrogens with two attached hydrogens (primary N) is 2. The topological polar surface area (TPSA) is 136 Å². The number of rotatable bonds is 3. The Morgan fingerprint density at radius 3 is 2.56 bits per heavy atom. The lowest BCUT2D eigenvalue weighted by Crippen LogP contribution is -2.13. The van der Waals surface area contributed by atoms with E-state index in [1.165, 1.54) is 6.92 Å². The van der Waals surface area contributed by atoms with Gasteiger partial charge in [-0.15, -0.1) is 10.2 Å². The van der Waals surface area contributed by atoms with Gasteiger partial charge in [-0.05, 0) is 25.1 Å². The zero-order valence-electron chi connectivity index (χ0n) is 8.78. The maximum absolute atomic E-state index is 7.27. The largest absolute Gasteiger partial charge is 0.384 e. The number of anilines is 1. The molecular formula is C9H13N7. The fourth-order valence-electron chi connectivity index (χ4n) is 1.04. The smallest absolute Gasteiger partial charge is 0.140 e. The summed E-state index contributed by atoms with van der Waals surface area (Å²) < 4.78 is 0. The highest BCUT2D eigenvalue weighted by molar-refractivity contribution is 5.96. The summed E-state index contributed by atoms with van der Waals surface area (Å²) in [6.45, 7) is 1.52. The van der Waals surface area contributed by atoms with Crippen LogP contribution in [0.4, 0.5) is 11.4 Å². The van der Waals surface area contributed by atoms with E-state index >= 15 is 0 Å². The van der Waals surface area contributed by atoms with Crippen molar-refractivity contribution in [1.82, 2.24) is 0 Å². The first kappa shape index (κ1) is 11.8. The highest BCUT2D eigenvalue weighted by Crippen LogP contribution is 2.25. The van der Waals surface area contributed by atoms with E-state index in [0.29, 0.717) is 16.9 Å². The fraction of sp³-hybridized carbons (Fsp3) is 0.111. The van der Waals surface area contributed by atoms with Crippen LogP contribution in [0, 0.1) is 10.8 Å². The second-order valence-corrected chi connectivity index (χ2v) is 3.08. The summed E-state index contributed by atoms with van der Waals surface area (Å²) in [7, 11) is 0. The van der Waals surface area contributed by atoms with Crippen LogP contribution in [-0.4, -0.2) is 11.7 Å². The molecule has 7 heteroatoms. The highest BCUT2D eigenvalue weighted by Gasteiger charge is 2.03. The van der Waals surface area contributed by atoms with Crippen LogP contribution in [0.3, 0.4) is 0 Å². The van der Waals surface area contributed by atoms with E-state index in [1.54, 1.807) is 18.2 Å². The van der Waals surface area contributed by atoms with Crippen LogP contribution in [0.1, 0.15) is 12.5 Å². The molecule has 0 amide bonds. The number of hydrogen-bond acceptors (Lipinski definition) is 5. The van der Waals surface area contributed by atoms with Gasteiger partial charge in [0, 0.05) is 5.56 Å². The molecule has 0 spiro atoms. The fourth-order valence-corrected chi connectivity index (χ4v) is 1.04. The van der Waals surface area contributed by atoms with E-state index in [-0.39, 0.29) is 11.7 Å². The van der Waals surface area contributed by atoms with E-state index in [2.05, 4.69) is 15.7 Å². The average molecular weight is 219 g/mol. The molecule has 0 aromatic heterocycles. The third-order valence-corrected chi connectivity index (χ3v) is 1.77. The van der Waals surface area contributed by atoms with Crippen molar-refractivity contribution in [2.45, 2.75) is 6.92 Å². The van der Waals surface area contributed by atoms with Crippen molar-refractivity contribution in [2.75, 3.05) is 5.43 Å². The summed E-state index contributed by atoms with van der Waals surface area (Å²) >= 11 is 0. The minimum Gasteiger partial charge on any atom is -0.384 e. The quantitative estimate of drug-likeness (QED) is 0.172. The minimum absolute atomic E-state index is 0.0526. The van der Waals surface area contributed by atoms with Crippen molar-refractivity contribution in [3.63, 3.8) is 0 Å². The standard InChI is InChI=1S/C9H13N7/c1-5(10)15-16-7-3-2-6(9(11)12)4-8(7)14-13/h2-4,10,14H,13H2,1H3,(H3,11,12). The van der Waals surface area contributed by atoms with Crippen molar-refractivity contribution in [1.29, 1.82) is 10.8 Å². The van der Waals surface area contributed by atoms with E-state index in [4.69, 9.17) is 22.4 Å². The van der Waals surface area contributed by atoms with Gasteiger partial charge in [-0.2, -0.15) is 0 Å². The SMILES string of the molecule is CC(=N)N=Nc1ccc(C(=N)N)cc1NN. The van der Waals surface area contributed by atoms with Gasteiger partial charge in [0.25, 0.3) is 0 Å². The van der Waals surface area contributed by atoms with E-state index in [1.807, 2.05) is 0 Å². The molecule has 0 heterocycles. The molecule has 7 nitrogen and oxygen atoms in total. The van der Waals surface area contributed by atoms with Gasteiger partial charge >= 0.3 is 0 Å². The van der Waals surface area contributed by atoms with Gasteiger partial charge in [-0.1, -0.05) is 0 Å². The first-order valence-corrected chi connectivity index (χ1v) is 4.46. The molecule has 0 bridgehead atoms. The summed E-state index contributed by atoms with van der Waals surface area (Å²) in [4.78, 5) is 0. The van der Waals surface area contributed by atoms with Gasteiger partial charge < -0.3 is 11.2 Å². The van der Waals surface area contributed by atoms with Gasteiger partial charge in [0.2, 0.25) is 0 Å². The first-order chi connectivity index (χ1) is 7.54. The number of azo groups is 1. The van der Waals surface area contributed by atoms with Crippen molar-refractivity contribution in [2.24, 2.45) is 21.8 Å². The van der Waals surface area contributed by atoms with Crippen molar-refractivity contribution >= 4 is 23.0 Å². The predicted molar refractivity (Wildman–Crippen MR) is 63.2 cm³/mol. The number of nitrogen functional groups attached to an aromatic ring is 2. The maximum Gasteiger partial charge on any atom is 0.140 e. The van der Waals surface area contributed by atoms with E-state index < -0.39 is 0 Å². The number of benzene rings is 1. The third kappa shape index (κ3) is 2.85. The Labute approximate surface area is 92.5 Å². The Hall–Kier alpha value is -2.28. The molecule has 7 N–H and O–H groups in total. The summed E-state index contributed by atoms with van der Waals surface area (Å²) in [6.07, 6.45) is 0. The van der Waals surface area contributed by atoms with Gasteiger partial charge in [0.05, 0.1) is 5.69 Å². The van der Waals surface area contributed by atoms with Crippen molar-refractivity contribution in [3.8, 4) is 0 Å². The molecule has 1 aromatic carbocycles. The summed E-state index contributed by atoms with van der Waals surface area (Å²) in [5.74, 6) is 5.35. The molecule has 1 rings (SSSR count). The Balaban J connectivity index is 3.11. The molecule has 0 aliphatic heterocycles. The molecule has 0 unspecified atom stereocenters. The van der Waals surface area contributed by atoms with Gasteiger partial charge in [-0.25, -0.2) is 0 Å². The molecule has 16 heavy (non-hydrogen) atoms. The zero-order chi connectivity index (χ0) is 12.1. The van der Waals surface area contributed by atoms with Crippen molar-refractivity contribution < 1.29 is 0 Å². The van der Waals surface area contributed by atoms with Crippen LogP contribution in [0.5, 0.6) is 0 Å². The number of nitrogens with one attached hydrogen (secondary N) is 3. The summed E-state index contributed by atoms with van der Waals surface area (Å²) in [5.41, 5.74) is 9.30. The van der Waals surface area contributed by atoms with Crippen LogP contribution in [0.15, 0.2) is 28.4 Å².